The molecule has 0 amide bonds. The maximum Gasteiger partial charge on any atom is 0.108 e. The zero-order valence-electron chi connectivity index (χ0n) is 9.97. The number of hydrogen-bond acceptors (Lipinski definition) is 4. The molecule has 0 fully saturated rings. The Morgan fingerprint density at radius 1 is 1.22 bits per heavy atom. The van der Waals surface area contributed by atoms with Gasteiger partial charge in [0.2, 0.25) is 0 Å². The summed E-state index contributed by atoms with van der Waals surface area (Å²) in [5.74, 6) is 0. The van der Waals surface area contributed by atoms with E-state index in [0.717, 1.165) is 11.1 Å². The van der Waals surface area contributed by atoms with Crippen LogP contribution in [0.3, 0.4) is 0 Å². The second kappa shape index (κ2) is 4.79. The highest BCUT2D eigenvalue weighted by atomic mass is 16.3. The molecule has 0 aromatic heterocycles. The average Bonchev–Trinajstić information content (AvgIpc) is 2.38. The van der Waals surface area contributed by atoms with E-state index in [2.05, 4.69) is 5.18 Å². The lowest BCUT2D eigenvalue weighted by Crippen LogP contribution is -2.05. The minimum absolute atomic E-state index is 0.275. The van der Waals surface area contributed by atoms with Crippen molar-refractivity contribution in [2.24, 2.45) is 5.18 Å². The topological polar surface area (TPSA) is 79.3 Å². The monoisotopic (exact) mass is 239 g/mol. The number of benzene rings is 2. The first-order chi connectivity index (χ1) is 8.61. The Hall–Kier alpha value is -2.49. The van der Waals surface area contributed by atoms with Crippen LogP contribution in [0.2, 0.25) is 0 Å². The van der Waals surface area contributed by atoms with E-state index in [-0.39, 0.29) is 5.69 Å². The number of nitrogen functional groups attached to an aromatic ring is 1. The van der Waals surface area contributed by atoms with Crippen LogP contribution in [-0.2, 0) is 0 Å². The van der Waals surface area contributed by atoms with Gasteiger partial charge in [-0.1, -0.05) is 23.8 Å². The molecule has 0 atom stereocenters. The quantitative estimate of drug-likeness (QED) is 0.489. The van der Waals surface area contributed by atoms with Gasteiger partial charge < -0.3 is 5.73 Å². The molecule has 18 heavy (non-hydrogen) atoms. The van der Waals surface area contributed by atoms with Crippen LogP contribution < -0.4 is 5.73 Å². The van der Waals surface area contributed by atoms with Gasteiger partial charge in [0.05, 0.1) is 5.71 Å². The van der Waals surface area contributed by atoms with Gasteiger partial charge in [0.15, 0.2) is 0 Å². The lowest BCUT2D eigenvalue weighted by Gasteiger charge is -2.08. The summed E-state index contributed by atoms with van der Waals surface area (Å²) >= 11 is 0. The number of nitroso groups, excluding NO2 is 1. The van der Waals surface area contributed by atoms with Gasteiger partial charge in [-0.25, -0.2) is 0 Å². The highest BCUT2D eigenvalue weighted by Gasteiger charge is 2.09. The third-order valence-electron chi connectivity index (χ3n) is 2.72. The van der Waals surface area contributed by atoms with Crippen LogP contribution in [0.15, 0.2) is 47.6 Å². The lowest BCUT2D eigenvalue weighted by molar-refractivity contribution is 1.40. The summed E-state index contributed by atoms with van der Waals surface area (Å²) in [4.78, 5) is 10.5. The van der Waals surface area contributed by atoms with Crippen molar-refractivity contribution >= 4 is 17.1 Å². The highest BCUT2D eigenvalue weighted by Crippen LogP contribution is 2.23. The van der Waals surface area contributed by atoms with Crippen LogP contribution in [0, 0.1) is 17.2 Å². The lowest BCUT2D eigenvalue weighted by atomic mass is 9.99. The van der Waals surface area contributed by atoms with Gasteiger partial charge >= 0.3 is 0 Å². The molecule has 0 saturated heterocycles. The van der Waals surface area contributed by atoms with Crippen LogP contribution in [0.4, 0.5) is 11.4 Å². The predicted molar refractivity (Wildman–Crippen MR) is 73.4 cm³/mol. The van der Waals surface area contributed by atoms with Gasteiger partial charge in [-0.15, -0.1) is 4.91 Å². The van der Waals surface area contributed by atoms with E-state index in [1.165, 1.54) is 12.1 Å². The van der Waals surface area contributed by atoms with Gasteiger partial charge in [0, 0.05) is 16.8 Å². The molecule has 0 radical (unpaired) electrons. The number of nitrogens with zero attached hydrogens (tertiary/aromatic N) is 1. The van der Waals surface area contributed by atoms with E-state index in [0.29, 0.717) is 17.0 Å². The van der Waals surface area contributed by atoms with Crippen LogP contribution in [0.5, 0.6) is 0 Å². The molecule has 2 aromatic carbocycles. The summed E-state index contributed by atoms with van der Waals surface area (Å²) in [7, 11) is 0. The Kier molecular flexibility index (Phi) is 3.19. The molecule has 4 nitrogen and oxygen atoms in total. The van der Waals surface area contributed by atoms with Crippen molar-refractivity contribution in [3.63, 3.8) is 0 Å². The molecule has 3 N–H and O–H groups in total. The molecular formula is C14H13N3O. The normalized spacial score (nSPS) is 10.1. The SMILES string of the molecule is Cc1cccc(C(=N)c2cc(N=O)ccc2N)c1. The Morgan fingerprint density at radius 3 is 2.67 bits per heavy atom. The summed E-state index contributed by atoms with van der Waals surface area (Å²) in [6.45, 7) is 1.96. The number of anilines is 1. The molecule has 2 aromatic rings. The average molecular weight is 239 g/mol. The van der Waals surface area contributed by atoms with Crippen molar-refractivity contribution in [3.8, 4) is 0 Å². The third-order valence-corrected chi connectivity index (χ3v) is 2.72. The van der Waals surface area contributed by atoms with Crippen molar-refractivity contribution in [1.82, 2.24) is 0 Å². The second-order valence-corrected chi connectivity index (χ2v) is 4.11. The maximum absolute atomic E-state index is 10.5. The molecule has 0 spiro atoms. The number of nitrogens with two attached hydrogens (primary N) is 1. The molecule has 0 unspecified atom stereocenters. The van der Waals surface area contributed by atoms with Gasteiger partial charge in [-0.05, 0) is 36.4 Å². The van der Waals surface area contributed by atoms with Crippen LogP contribution in [-0.4, -0.2) is 5.71 Å². The minimum Gasteiger partial charge on any atom is -0.398 e. The number of nitrogens with one attached hydrogen (secondary N) is 1. The molecule has 4 heteroatoms. The predicted octanol–water partition coefficient (Wildman–Crippen LogP) is 3.39. The summed E-state index contributed by atoms with van der Waals surface area (Å²) in [5, 5.41) is 11.0. The summed E-state index contributed by atoms with van der Waals surface area (Å²) < 4.78 is 0. The third kappa shape index (κ3) is 2.27. The fraction of sp³-hybridized carbons (Fsp3) is 0.0714. The summed E-state index contributed by atoms with van der Waals surface area (Å²) in [6.07, 6.45) is 0. The van der Waals surface area contributed by atoms with Crippen LogP contribution in [0.1, 0.15) is 16.7 Å². The molecule has 0 heterocycles. The van der Waals surface area contributed by atoms with Gasteiger partial charge in [-0.3, -0.25) is 5.41 Å². The van der Waals surface area contributed by atoms with E-state index in [1.54, 1.807) is 6.07 Å². The largest absolute Gasteiger partial charge is 0.398 e. The Labute approximate surface area is 105 Å². The molecular weight excluding hydrogens is 226 g/mol. The zero-order chi connectivity index (χ0) is 13.1. The fourth-order valence-corrected chi connectivity index (χ4v) is 1.77. The number of hydrogen-bond donors (Lipinski definition) is 2. The number of rotatable bonds is 3. The molecule has 0 bridgehead atoms. The molecule has 0 aliphatic heterocycles. The zero-order valence-corrected chi connectivity index (χ0v) is 9.97. The first-order valence-electron chi connectivity index (χ1n) is 5.50. The Balaban J connectivity index is 2.48. The van der Waals surface area contributed by atoms with Crippen molar-refractivity contribution < 1.29 is 0 Å². The fourth-order valence-electron chi connectivity index (χ4n) is 1.77. The van der Waals surface area contributed by atoms with Crippen molar-refractivity contribution in [1.29, 1.82) is 5.41 Å². The molecule has 0 aliphatic carbocycles. The van der Waals surface area contributed by atoms with E-state index >= 15 is 0 Å². The van der Waals surface area contributed by atoms with E-state index < -0.39 is 0 Å². The van der Waals surface area contributed by atoms with Crippen molar-refractivity contribution in [2.45, 2.75) is 6.92 Å². The minimum atomic E-state index is 0.275. The van der Waals surface area contributed by atoms with E-state index in [1.807, 2.05) is 31.2 Å². The first-order valence-corrected chi connectivity index (χ1v) is 5.50. The first kappa shape index (κ1) is 12.0. The van der Waals surface area contributed by atoms with E-state index in [4.69, 9.17) is 11.1 Å². The summed E-state index contributed by atoms with van der Waals surface area (Å²) in [5.41, 5.74) is 9.23. The molecule has 0 saturated carbocycles. The standard InChI is InChI=1S/C14H13N3O/c1-9-3-2-4-10(7-9)14(16)12-8-11(17-18)5-6-13(12)15/h2-8,16H,15H2,1H3. The summed E-state index contributed by atoms with van der Waals surface area (Å²) in [6, 6.07) is 12.3. The Bertz CT molecular complexity index is 620. The van der Waals surface area contributed by atoms with E-state index in [9.17, 15) is 4.91 Å². The number of aryl methyl sites for hydroxylation is 1. The maximum atomic E-state index is 10.5. The molecule has 90 valence electrons. The van der Waals surface area contributed by atoms with Gasteiger partial charge in [-0.2, -0.15) is 0 Å². The van der Waals surface area contributed by atoms with Gasteiger partial charge in [0.25, 0.3) is 0 Å². The van der Waals surface area contributed by atoms with Crippen molar-refractivity contribution in [2.75, 3.05) is 5.73 Å². The molecule has 2 rings (SSSR count). The highest BCUT2D eigenvalue weighted by molar-refractivity contribution is 6.14. The van der Waals surface area contributed by atoms with Crippen LogP contribution >= 0.6 is 0 Å². The smallest absolute Gasteiger partial charge is 0.108 e. The van der Waals surface area contributed by atoms with Gasteiger partial charge in [0.1, 0.15) is 5.69 Å². The Morgan fingerprint density at radius 2 is 2.00 bits per heavy atom. The molecule has 0 aliphatic rings. The second-order valence-electron chi connectivity index (χ2n) is 4.11. The van der Waals surface area contributed by atoms with Crippen LogP contribution in [0.25, 0.3) is 0 Å². The van der Waals surface area contributed by atoms with Crippen molar-refractivity contribution in [3.05, 3.63) is 64.1 Å².